The van der Waals surface area contributed by atoms with Crippen LogP contribution in [0.2, 0.25) is 0 Å². The van der Waals surface area contributed by atoms with E-state index in [2.05, 4.69) is 0 Å². The lowest BCUT2D eigenvalue weighted by Gasteiger charge is -2.29. The van der Waals surface area contributed by atoms with E-state index >= 15 is 0 Å². The molecule has 0 fully saturated rings. The highest BCUT2D eigenvalue weighted by Gasteiger charge is 2.28. The van der Waals surface area contributed by atoms with Gasteiger partial charge in [-0.25, -0.2) is 0 Å². The molecule has 0 amide bonds. The zero-order valence-corrected chi connectivity index (χ0v) is 16.7. The van der Waals surface area contributed by atoms with Crippen LogP contribution in [0.5, 0.6) is 23.0 Å². The first-order valence-corrected chi connectivity index (χ1v) is 9.03. The zero-order chi connectivity index (χ0) is 21.2. The van der Waals surface area contributed by atoms with Gasteiger partial charge in [-0.3, -0.25) is 9.59 Å². The Hall–Kier alpha value is -3.54. The Balaban J connectivity index is 1.89. The molecule has 2 aromatic rings. The van der Waals surface area contributed by atoms with Gasteiger partial charge in [0, 0.05) is 13.0 Å². The largest absolute Gasteiger partial charge is 0.506 e. The Morgan fingerprint density at radius 1 is 1.17 bits per heavy atom. The van der Waals surface area contributed by atoms with E-state index in [4.69, 9.17) is 14.2 Å². The van der Waals surface area contributed by atoms with Crippen molar-refractivity contribution in [2.75, 3.05) is 7.11 Å². The Bertz CT molecular complexity index is 1010. The third kappa shape index (κ3) is 4.48. The SMILES string of the molecule is COc1cc2c(c(O)c1C(=O)C=Cc1ccc(OC(C)=O)cc1)C=CC(C)(C)O2. The summed E-state index contributed by atoms with van der Waals surface area (Å²) in [5, 5.41) is 10.7. The minimum absolute atomic E-state index is 0.0620. The Morgan fingerprint density at radius 3 is 2.48 bits per heavy atom. The monoisotopic (exact) mass is 394 g/mol. The van der Waals surface area contributed by atoms with Crippen molar-refractivity contribution in [2.45, 2.75) is 26.4 Å². The molecule has 6 nitrogen and oxygen atoms in total. The van der Waals surface area contributed by atoms with Crippen LogP contribution in [0.4, 0.5) is 0 Å². The first kappa shape index (κ1) is 20.2. The third-order valence-electron chi connectivity index (χ3n) is 4.33. The number of methoxy groups -OCH3 is 1. The first-order chi connectivity index (χ1) is 13.7. The first-order valence-electron chi connectivity index (χ1n) is 9.03. The van der Waals surface area contributed by atoms with E-state index in [1.807, 2.05) is 19.9 Å². The van der Waals surface area contributed by atoms with Gasteiger partial charge in [-0.1, -0.05) is 18.2 Å². The van der Waals surface area contributed by atoms with Crippen molar-refractivity contribution in [1.82, 2.24) is 0 Å². The lowest BCUT2D eigenvalue weighted by atomic mass is 9.97. The van der Waals surface area contributed by atoms with Gasteiger partial charge in [0.05, 0.1) is 12.7 Å². The summed E-state index contributed by atoms with van der Waals surface area (Å²) in [6, 6.07) is 8.30. The number of hydrogen-bond acceptors (Lipinski definition) is 6. The van der Waals surface area contributed by atoms with Crippen LogP contribution in [0.25, 0.3) is 12.2 Å². The van der Waals surface area contributed by atoms with Crippen molar-refractivity contribution in [1.29, 1.82) is 0 Å². The average Bonchev–Trinajstić information content (AvgIpc) is 2.65. The molecule has 0 bridgehead atoms. The Labute approximate surface area is 169 Å². The van der Waals surface area contributed by atoms with Gasteiger partial charge in [-0.2, -0.15) is 0 Å². The number of phenols is 1. The summed E-state index contributed by atoms with van der Waals surface area (Å²) in [4.78, 5) is 23.8. The number of phenolic OH excluding ortho intramolecular Hbond substituents is 1. The summed E-state index contributed by atoms with van der Waals surface area (Å²) in [5.41, 5.74) is 0.712. The van der Waals surface area contributed by atoms with Crippen molar-refractivity contribution in [2.24, 2.45) is 0 Å². The van der Waals surface area contributed by atoms with Gasteiger partial charge in [0.25, 0.3) is 0 Å². The molecule has 1 heterocycles. The highest BCUT2D eigenvalue weighted by Crippen LogP contribution is 2.43. The van der Waals surface area contributed by atoms with Crippen LogP contribution < -0.4 is 14.2 Å². The standard InChI is InChI=1S/C23H22O6/c1-14(24)28-16-8-5-15(6-9-16)7-10-18(25)21-20(27-4)13-19-17(22(21)26)11-12-23(2,3)29-19/h5-13,26H,1-4H3. The summed E-state index contributed by atoms with van der Waals surface area (Å²) in [6.45, 7) is 5.11. The number of allylic oxidation sites excluding steroid dienone is 1. The molecule has 29 heavy (non-hydrogen) atoms. The Morgan fingerprint density at radius 2 is 1.86 bits per heavy atom. The van der Waals surface area contributed by atoms with Crippen molar-refractivity contribution >= 4 is 23.9 Å². The summed E-state index contributed by atoms with van der Waals surface area (Å²) in [6.07, 6.45) is 6.51. The highest BCUT2D eigenvalue weighted by atomic mass is 16.5. The van der Waals surface area contributed by atoms with Crippen LogP contribution in [0.15, 0.2) is 42.5 Å². The topological polar surface area (TPSA) is 82.1 Å². The van der Waals surface area contributed by atoms with Gasteiger partial charge in [-0.05, 0) is 49.8 Å². The summed E-state index contributed by atoms with van der Waals surface area (Å²) in [5.74, 6) is 0.0978. The third-order valence-corrected chi connectivity index (χ3v) is 4.33. The van der Waals surface area contributed by atoms with E-state index < -0.39 is 17.4 Å². The molecule has 0 saturated carbocycles. The summed E-state index contributed by atoms with van der Waals surface area (Å²) < 4.78 is 16.2. The second-order valence-corrected chi connectivity index (χ2v) is 7.11. The van der Waals surface area contributed by atoms with E-state index in [0.29, 0.717) is 17.1 Å². The molecule has 6 heteroatoms. The fraction of sp³-hybridized carbons (Fsp3) is 0.217. The molecular weight excluding hydrogens is 372 g/mol. The number of aromatic hydroxyl groups is 1. The minimum atomic E-state index is -0.520. The molecule has 0 saturated heterocycles. The van der Waals surface area contributed by atoms with Gasteiger partial charge in [0.15, 0.2) is 5.78 Å². The van der Waals surface area contributed by atoms with E-state index in [9.17, 15) is 14.7 Å². The van der Waals surface area contributed by atoms with E-state index in [0.717, 1.165) is 5.56 Å². The maximum absolute atomic E-state index is 12.8. The van der Waals surface area contributed by atoms with Gasteiger partial charge >= 0.3 is 5.97 Å². The number of rotatable bonds is 5. The number of ketones is 1. The van der Waals surface area contributed by atoms with Crippen LogP contribution in [0.3, 0.4) is 0 Å². The summed E-state index contributed by atoms with van der Waals surface area (Å²) in [7, 11) is 1.43. The number of benzene rings is 2. The number of fused-ring (bicyclic) bond motifs is 1. The molecule has 3 rings (SSSR count). The van der Waals surface area contributed by atoms with Crippen molar-refractivity contribution in [3.63, 3.8) is 0 Å². The molecule has 0 unspecified atom stereocenters. The summed E-state index contributed by atoms with van der Waals surface area (Å²) >= 11 is 0. The second-order valence-electron chi connectivity index (χ2n) is 7.11. The minimum Gasteiger partial charge on any atom is -0.506 e. The molecule has 0 atom stereocenters. The maximum atomic E-state index is 12.8. The number of esters is 1. The van der Waals surface area contributed by atoms with Gasteiger partial charge in [0.2, 0.25) is 0 Å². The number of carbonyl (C=O) groups excluding carboxylic acids is 2. The number of carbonyl (C=O) groups is 2. The van der Waals surface area contributed by atoms with Gasteiger partial charge in [-0.15, -0.1) is 0 Å². The molecule has 0 aromatic heterocycles. The second kappa shape index (κ2) is 7.83. The normalized spacial score (nSPS) is 14.2. The van der Waals surface area contributed by atoms with E-state index in [-0.39, 0.29) is 17.1 Å². The predicted molar refractivity (Wildman–Crippen MR) is 110 cm³/mol. The molecule has 0 spiro atoms. The Kier molecular flexibility index (Phi) is 5.46. The average molecular weight is 394 g/mol. The lowest BCUT2D eigenvalue weighted by molar-refractivity contribution is -0.131. The van der Waals surface area contributed by atoms with E-state index in [1.165, 1.54) is 20.1 Å². The van der Waals surface area contributed by atoms with Crippen molar-refractivity contribution in [3.05, 3.63) is 59.2 Å². The fourth-order valence-electron chi connectivity index (χ4n) is 2.95. The van der Waals surface area contributed by atoms with Crippen LogP contribution in [-0.4, -0.2) is 29.6 Å². The van der Waals surface area contributed by atoms with Crippen molar-refractivity contribution in [3.8, 4) is 23.0 Å². The van der Waals surface area contributed by atoms with Crippen LogP contribution >= 0.6 is 0 Å². The van der Waals surface area contributed by atoms with Crippen LogP contribution in [-0.2, 0) is 4.79 Å². The maximum Gasteiger partial charge on any atom is 0.308 e. The molecular formula is C23H22O6. The lowest BCUT2D eigenvalue weighted by Crippen LogP contribution is -2.27. The smallest absolute Gasteiger partial charge is 0.308 e. The van der Waals surface area contributed by atoms with Crippen LogP contribution in [0, 0.1) is 0 Å². The van der Waals surface area contributed by atoms with Crippen LogP contribution in [0.1, 0.15) is 42.3 Å². The highest BCUT2D eigenvalue weighted by molar-refractivity contribution is 6.11. The molecule has 1 aliphatic heterocycles. The van der Waals surface area contributed by atoms with Crippen molar-refractivity contribution < 1.29 is 28.9 Å². The quantitative estimate of drug-likeness (QED) is 0.350. The van der Waals surface area contributed by atoms with Gasteiger partial charge < -0.3 is 19.3 Å². The zero-order valence-electron chi connectivity index (χ0n) is 16.7. The molecule has 150 valence electrons. The molecule has 1 aliphatic rings. The number of ether oxygens (including phenoxy) is 3. The van der Waals surface area contributed by atoms with E-state index in [1.54, 1.807) is 42.5 Å². The predicted octanol–water partition coefficient (Wildman–Crippen LogP) is 4.41. The molecule has 0 aliphatic carbocycles. The fourth-order valence-corrected chi connectivity index (χ4v) is 2.95. The molecule has 2 aromatic carbocycles. The molecule has 1 N–H and O–H groups in total. The number of hydrogen-bond donors (Lipinski definition) is 1. The van der Waals surface area contributed by atoms with Gasteiger partial charge in [0.1, 0.15) is 34.2 Å². The molecule has 0 radical (unpaired) electrons.